The van der Waals surface area contributed by atoms with Crippen molar-refractivity contribution in [3.63, 3.8) is 0 Å². The summed E-state index contributed by atoms with van der Waals surface area (Å²) in [5.74, 6) is 0. The van der Waals surface area contributed by atoms with Crippen molar-refractivity contribution in [2.24, 2.45) is 0 Å². The van der Waals surface area contributed by atoms with E-state index in [1.54, 1.807) is 0 Å². The SMILES string of the molecule is CCCCCCCCCCCCCCCCCCCCCO[C@@H]1O[C@H](CO)[C@@H](O)[C@H](O)[C@H]1O. The van der Waals surface area contributed by atoms with E-state index in [9.17, 15) is 20.4 Å². The summed E-state index contributed by atoms with van der Waals surface area (Å²) in [4.78, 5) is 0. The summed E-state index contributed by atoms with van der Waals surface area (Å²) in [6.07, 6.45) is 19.4. The van der Waals surface area contributed by atoms with Gasteiger partial charge in [-0.05, 0) is 6.42 Å². The quantitative estimate of drug-likeness (QED) is 0.160. The van der Waals surface area contributed by atoms with Gasteiger partial charge in [-0.3, -0.25) is 0 Å². The molecule has 0 aliphatic carbocycles. The molecule has 0 bridgehead atoms. The fraction of sp³-hybridized carbons (Fsp3) is 1.00. The molecule has 6 nitrogen and oxygen atoms in total. The van der Waals surface area contributed by atoms with Gasteiger partial charge in [0.1, 0.15) is 24.4 Å². The minimum atomic E-state index is -1.37. The van der Waals surface area contributed by atoms with Crippen LogP contribution >= 0.6 is 0 Å². The summed E-state index contributed by atoms with van der Waals surface area (Å²) in [6, 6.07) is 0. The molecule has 1 saturated heterocycles. The number of hydrogen-bond donors (Lipinski definition) is 4. The van der Waals surface area contributed by atoms with Crippen LogP contribution in [0.15, 0.2) is 0 Å². The number of hydrogen-bond acceptors (Lipinski definition) is 6. The number of aliphatic hydroxyl groups is 4. The zero-order chi connectivity index (χ0) is 24.2. The lowest BCUT2D eigenvalue weighted by atomic mass is 9.99. The third-order valence-corrected chi connectivity index (χ3v) is 6.88. The van der Waals surface area contributed by atoms with Gasteiger partial charge in [0.05, 0.1) is 6.61 Å². The monoisotopic (exact) mass is 474 g/mol. The molecule has 198 valence electrons. The largest absolute Gasteiger partial charge is 0.394 e. The van der Waals surface area contributed by atoms with Crippen LogP contribution in [0.3, 0.4) is 0 Å². The van der Waals surface area contributed by atoms with E-state index in [1.165, 1.54) is 109 Å². The molecule has 5 atom stereocenters. The van der Waals surface area contributed by atoms with E-state index < -0.39 is 37.3 Å². The average Bonchev–Trinajstić information content (AvgIpc) is 2.82. The lowest BCUT2D eigenvalue weighted by Crippen LogP contribution is -2.59. The van der Waals surface area contributed by atoms with Crippen molar-refractivity contribution < 1.29 is 29.9 Å². The Balaban J connectivity index is 1.80. The van der Waals surface area contributed by atoms with Gasteiger partial charge in [0, 0.05) is 6.61 Å². The Morgan fingerprint density at radius 2 is 0.939 bits per heavy atom. The minimum absolute atomic E-state index is 0.427. The molecule has 0 spiro atoms. The molecular formula is C27H54O6. The zero-order valence-electron chi connectivity index (χ0n) is 21.3. The van der Waals surface area contributed by atoms with Gasteiger partial charge in [0.25, 0.3) is 0 Å². The van der Waals surface area contributed by atoms with Crippen LogP contribution in [0.4, 0.5) is 0 Å². The van der Waals surface area contributed by atoms with Gasteiger partial charge in [-0.2, -0.15) is 0 Å². The molecule has 1 heterocycles. The molecule has 1 aliphatic rings. The summed E-state index contributed by atoms with van der Waals surface area (Å²) in [5, 5.41) is 38.7. The second-order valence-corrected chi connectivity index (χ2v) is 9.93. The van der Waals surface area contributed by atoms with Crippen molar-refractivity contribution in [3.8, 4) is 0 Å². The topological polar surface area (TPSA) is 99.4 Å². The van der Waals surface area contributed by atoms with Crippen LogP contribution in [0, 0.1) is 0 Å². The first-order chi connectivity index (χ1) is 16.1. The standard InChI is InChI=1S/C27H54O6/c1-2-3-4-5-6-7-8-9-10-11-12-13-14-15-16-17-18-19-20-21-32-27-26(31)25(30)24(29)23(22-28)33-27/h23-31H,2-22H2,1H3/t23-,24-,25+,26-,27-/m1/s1. The number of aliphatic hydroxyl groups excluding tert-OH is 4. The average molecular weight is 475 g/mol. The molecule has 1 fully saturated rings. The van der Waals surface area contributed by atoms with Crippen LogP contribution < -0.4 is 0 Å². The molecule has 0 aromatic heterocycles. The van der Waals surface area contributed by atoms with E-state index in [0.717, 1.165) is 12.8 Å². The van der Waals surface area contributed by atoms with Crippen LogP contribution in [0.1, 0.15) is 129 Å². The molecule has 0 amide bonds. The molecule has 0 aromatic carbocycles. The molecule has 0 radical (unpaired) electrons. The Hall–Kier alpha value is -0.240. The second kappa shape index (κ2) is 21.1. The molecule has 0 saturated carbocycles. The summed E-state index contributed by atoms with van der Waals surface area (Å²) in [5.41, 5.74) is 0. The van der Waals surface area contributed by atoms with E-state index >= 15 is 0 Å². The van der Waals surface area contributed by atoms with E-state index in [2.05, 4.69) is 6.92 Å². The van der Waals surface area contributed by atoms with Crippen molar-refractivity contribution in [2.45, 2.75) is 160 Å². The van der Waals surface area contributed by atoms with Crippen LogP contribution in [-0.2, 0) is 9.47 Å². The summed E-state index contributed by atoms with van der Waals surface area (Å²) >= 11 is 0. The third-order valence-electron chi connectivity index (χ3n) is 6.88. The molecule has 1 rings (SSSR count). The lowest BCUT2D eigenvalue weighted by Gasteiger charge is -2.39. The van der Waals surface area contributed by atoms with Crippen molar-refractivity contribution in [1.29, 1.82) is 0 Å². The minimum Gasteiger partial charge on any atom is -0.394 e. The fourth-order valence-electron chi connectivity index (χ4n) is 4.59. The van der Waals surface area contributed by atoms with Crippen LogP contribution in [0.2, 0.25) is 0 Å². The Morgan fingerprint density at radius 1 is 0.545 bits per heavy atom. The highest BCUT2D eigenvalue weighted by molar-refractivity contribution is 4.88. The number of ether oxygens (including phenoxy) is 2. The third kappa shape index (κ3) is 14.7. The Morgan fingerprint density at radius 3 is 1.33 bits per heavy atom. The van der Waals surface area contributed by atoms with Crippen LogP contribution in [-0.4, -0.2) is 64.3 Å². The van der Waals surface area contributed by atoms with E-state index in [0.29, 0.717) is 6.61 Å². The van der Waals surface area contributed by atoms with Crippen molar-refractivity contribution in [3.05, 3.63) is 0 Å². The van der Waals surface area contributed by atoms with Crippen molar-refractivity contribution >= 4 is 0 Å². The summed E-state index contributed by atoms with van der Waals surface area (Å²) in [6.45, 7) is 2.28. The van der Waals surface area contributed by atoms with E-state index in [-0.39, 0.29) is 0 Å². The Kier molecular flexibility index (Phi) is 19.7. The molecule has 1 aliphatic heterocycles. The van der Waals surface area contributed by atoms with Gasteiger partial charge >= 0.3 is 0 Å². The molecule has 6 heteroatoms. The maximum Gasteiger partial charge on any atom is 0.186 e. The molecule has 0 aromatic rings. The van der Waals surface area contributed by atoms with E-state index in [4.69, 9.17) is 9.47 Å². The maximum atomic E-state index is 9.94. The van der Waals surface area contributed by atoms with Gasteiger partial charge in [0.2, 0.25) is 0 Å². The van der Waals surface area contributed by atoms with Crippen LogP contribution in [0.25, 0.3) is 0 Å². The number of unbranched alkanes of at least 4 members (excludes halogenated alkanes) is 18. The zero-order valence-corrected chi connectivity index (χ0v) is 21.3. The molecule has 33 heavy (non-hydrogen) atoms. The van der Waals surface area contributed by atoms with Crippen LogP contribution in [0.5, 0.6) is 0 Å². The molecular weight excluding hydrogens is 420 g/mol. The van der Waals surface area contributed by atoms with E-state index in [1.807, 2.05) is 0 Å². The Bertz CT molecular complexity index is 419. The highest BCUT2D eigenvalue weighted by Gasteiger charge is 2.43. The van der Waals surface area contributed by atoms with Gasteiger partial charge in [-0.25, -0.2) is 0 Å². The first kappa shape index (κ1) is 30.8. The molecule has 4 N–H and O–H groups in total. The summed E-state index contributed by atoms with van der Waals surface area (Å²) < 4.78 is 10.9. The fourth-order valence-corrected chi connectivity index (χ4v) is 4.59. The second-order valence-electron chi connectivity index (χ2n) is 9.93. The van der Waals surface area contributed by atoms with Gasteiger partial charge in [-0.1, -0.05) is 122 Å². The Labute approximate surface area is 203 Å². The first-order valence-corrected chi connectivity index (χ1v) is 14.0. The summed E-state index contributed by atoms with van der Waals surface area (Å²) in [7, 11) is 0. The first-order valence-electron chi connectivity index (χ1n) is 14.0. The van der Waals surface area contributed by atoms with Gasteiger partial charge in [-0.15, -0.1) is 0 Å². The van der Waals surface area contributed by atoms with Gasteiger partial charge in [0.15, 0.2) is 6.29 Å². The lowest BCUT2D eigenvalue weighted by molar-refractivity contribution is -0.301. The van der Waals surface area contributed by atoms with Crippen molar-refractivity contribution in [2.75, 3.05) is 13.2 Å². The highest BCUT2D eigenvalue weighted by atomic mass is 16.7. The highest BCUT2D eigenvalue weighted by Crippen LogP contribution is 2.22. The maximum absolute atomic E-state index is 9.94. The van der Waals surface area contributed by atoms with Crippen molar-refractivity contribution in [1.82, 2.24) is 0 Å². The number of rotatable bonds is 22. The van der Waals surface area contributed by atoms with Gasteiger partial charge < -0.3 is 29.9 Å². The normalized spacial score (nSPS) is 25.5. The predicted octanol–water partition coefficient (Wildman–Crippen LogP) is 5.23. The predicted molar refractivity (Wildman–Crippen MR) is 133 cm³/mol. The molecule has 0 unspecified atom stereocenters. The smallest absolute Gasteiger partial charge is 0.186 e.